The average molecular weight is 1040 g/mol. The van der Waals surface area contributed by atoms with Crippen LogP contribution in [0.2, 0.25) is 0 Å². The second-order valence-electron chi connectivity index (χ2n) is 19.8. The van der Waals surface area contributed by atoms with E-state index < -0.39 is 139 Å². The van der Waals surface area contributed by atoms with Gasteiger partial charge in [0.2, 0.25) is 53.2 Å². The lowest BCUT2D eigenvalue weighted by Gasteiger charge is -2.31. The zero-order chi connectivity index (χ0) is 55.4. The Labute approximate surface area is 430 Å². The summed E-state index contributed by atoms with van der Waals surface area (Å²) in [7, 11) is 0. The summed E-state index contributed by atoms with van der Waals surface area (Å²) >= 11 is 0. The molecule has 3 rings (SSSR count). The predicted molar refractivity (Wildman–Crippen MR) is 267 cm³/mol. The molecule has 25 heteroatoms. The minimum atomic E-state index is -1.73. The SMILES string of the molecule is CC(C)C[C@H](NC(=O)[C@H](CC(C)C)NC(=O)[C@@H](N)Cc1ccccc1)C(=O)N[C@H](C(=O)N[C@@H](CCC(N)=O)C(=O)N1CCC[C@H]1C(=O)N[C@@H](Cc1cnc[nH]1)C(=O)N[C@@H](CO)C(=O)N[C@H](C(=O)O)C(C)C)[C@@H](C)O. The summed E-state index contributed by atoms with van der Waals surface area (Å²) in [5.41, 5.74) is 12.8. The number of rotatable bonds is 30. The van der Waals surface area contributed by atoms with E-state index in [0.717, 1.165) is 10.5 Å². The molecule has 1 aliphatic heterocycles. The number of nitrogens with one attached hydrogen (secondary N) is 8. The number of benzene rings is 1. The number of carbonyl (C=O) groups excluding carboxylic acids is 9. The molecule has 74 heavy (non-hydrogen) atoms. The maximum absolute atomic E-state index is 14.4. The predicted octanol–water partition coefficient (Wildman–Crippen LogP) is -2.62. The quantitative estimate of drug-likeness (QED) is 0.0381. The van der Waals surface area contributed by atoms with Gasteiger partial charge in [0.25, 0.3) is 0 Å². The number of imidazole rings is 1. The van der Waals surface area contributed by atoms with Gasteiger partial charge in [0.15, 0.2) is 0 Å². The third-order valence-corrected chi connectivity index (χ3v) is 12.2. The van der Waals surface area contributed by atoms with Crippen LogP contribution in [-0.4, -0.2) is 163 Å². The van der Waals surface area contributed by atoms with E-state index in [1.807, 2.05) is 44.2 Å². The number of aliphatic hydroxyl groups is 2. The van der Waals surface area contributed by atoms with Crippen molar-refractivity contribution < 1.29 is 63.3 Å². The van der Waals surface area contributed by atoms with E-state index in [1.165, 1.54) is 19.4 Å². The number of aliphatic hydroxyl groups excluding tert-OH is 2. The van der Waals surface area contributed by atoms with Crippen molar-refractivity contribution in [3.05, 3.63) is 54.1 Å². The Balaban J connectivity index is 1.82. The van der Waals surface area contributed by atoms with Crippen molar-refractivity contribution in [1.82, 2.24) is 52.1 Å². The monoisotopic (exact) mass is 1040 g/mol. The topological polar surface area (TPSA) is 400 Å². The fourth-order valence-corrected chi connectivity index (χ4v) is 8.21. The highest BCUT2D eigenvalue weighted by Gasteiger charge is 2.41. The van der Waals surface area contributed by atoms with Gasteiger partial charge in [-0.1, -0.05) is 71.9 Å². The van der Waals surface area contributed by atoms with E-state index >= 15 is 0 Å². The molecule has 25 nitrogen and oxygen atoms in total. The molecule has 410 valence electrons. The van der Waals surface area contributed by atoms with Crippen LogP contribution in [0.15, 0.2) is 42.9 Å². The molecule has 1 fully saturated rings. The molecule has 15 N–H and O–H groups in total. The lowest BCUT2D eigenvalue weighted by molar-refractivity contribution is -0.144. The standard InChI is InChI=1S/C49H76N12O13/c1-25(2)18-33(55-41(65)31(50)20-29-12-9-8-10-13-29)42(66)56-34(19-26(3)4)44(68)60-40(28(7)63)47(71)54-32(15-16-38(51)64)48(72)61-17-11-14-37(61)46(70)57-35(21-30-22-52-24-53-30)43(67)58-36(23-62)45(69)59-39(27(5)6)49(73)74/h8-10,12-13,22,24-28,31-37,39-40,62-63H,11,14-21,23,50H2,1-7H3,(H2,51,64)(H,52,53)(H,54,71)(H,55,65)(H,56,66)(H,57,70)(H,58,67)(H,59,69)(H,60,68)(H,73,74)/t28-,31+,32+,33+,34+,35+,36+,37+,39+,40+/m1/s1. The molecule has 1 aromatic carbocycles. The third-order valence-electron chi connectivity index (χ3n) is 12.2. The first-order chi connectivity index (χ1) is 34.8. The van der Waals surface area contributed by atoms with Gasteiger partial charge in [-0.05, 0) is 68.8 Å². The number of carbonyl (C=O) groups is 10. The lowest BCUT2D eigenvalue weighted by Crippen LogP contribution is -2.62. The number of likely N-dealkylation sites (tertiary alicyclic amines) is 1. The van der Waals surface area contributed by atoms with Crippen molar-refractivity contribution in [1.29, 1.82) is 0 Å². The van der Waals surface area contributed by atoms with Crippen molar-refractivity contribution in [2.24, 2.45) is 29.2 Å². The number of primary amides is 1. The van der Waals surface area contributed by atoms with Crippen LogP contribution in [0.5, 0.6) is 0 Å². The zero-order valence-electron chi connectivity index (χ0n) is 43.1. The maximum atomic E-state index is 14.4. The average Bonchev–Trinajstić information content (AvgIpc) is 4.05. The molecule has 1 aromatic heterocycles. The highest BCUT2D eigenvalue weighted by molar-refractivity contribution is 5.98. The molecule has 9 amide bonds. The van der Waals surface area contributed by atoms with E-state index in [1.54, 1.807) is 27.7 Å². The number of nitrogens with zero attached hydrogens (tertiary/aromatic N) is 2. The smallest absolute Gasteiger partial charge is 0.326 e. The van der Waals surface area contributed by atoms with Crippen LogP contribution < -0.4 is 48.7 Å². The molecule has 0 spiro atoms. The molecule has 0 radical (unpaired) electrons. The Morgan fingerprint density at radius 3 is 1.77 bits per heavy atom. The van der Waals surface area contributed by atoms with Crippen LogP contribution in [-0.2, 0) is 60.8 Å². The maximum Gasteiger partial charge on any atom is 0.326 e. The molecule has 1 saturated heterocycles. The van der Waals surface area contributed by atoms with Gasteiger partial charge >= 0.3 is 5.97 Å². The van der Waals surface area contributed by atoms with Crippen molar-refractivity contribution in [3.63, 3.8) is 0 Å². The fourth-order valence-electron chi connectivity index (χ4n) is 8.21. The highest BCUT2D eigenvalue weighted by Crippen LogP contribution is 2.21. The van der Waals surface area contributed by atoms with Gasteiger partial charge in [0.05, 0.1) is 25.1 Å². The fraction of sp³-hybridized carbons (Fsp3) is 0.612. The first-order valence-corrected chi connectivity index (χ1v) is 24.8. The van der Waals surface area contributed by atoms with Gasteiger partial charge in [-0.3, -0.25) is 43.2 Å². The number of hydrogen-bond donors (Lipinski definition) is 13. The van der Waals surface area contributed by atoms with E-state index in [9.17, 15) is 63.3 Å². The molecule has 10 atom stereocenters. The molecular weight excluding hydrogens is 965 g/mol. The molecular formula is C49H76N12O13. The lowest BCUT2D eigenvalue weighted by atomic mass is 9.99. The van der Waals surface area contributed by atoms with Crippen LogP contribution in [0.3, 0.4) is 0 Å². The number of H-pyrrole nitrogens is 1. The summed E-state index contributed by atoms with van der Waals surface area (Å²) in [4.78, 5) is 142. The summed E-state index contributed by atoms with van der Waals surface area (Å²) in [6.07, 6.45) is 0.916. The molecule has 0 unspecified atom stereocenters. The summed E-state index contributed by atoms with van der Waals surface area (Å²) in [6.45, 7) is 10.6. The summed E-state index contributed by atoms with van der Waals surface area (Å²) in [6, 6.07) is -3.24. The summed E-state index contributed by atoms with van der Waals surface area (Å²) in [5.74, 6) is -9.85. The molecule has 2 heterocycles. The minimum absolute atomic E-state index is 0.0189. The second-order valence-corrected chi connectivity index (χ2v) is 19.8. The molecule has 0 saturated carbocycles. The first kappa shape index (κ1) is 61.3. The number of aliphatic carboxylic acids is 1. The van der Waals surface area contributed by atoms with Gasteiger partial charge in [0, 0.05) is 31.3 Å². The highest BCUT2D eigenvalue weighted by atomic mass is 16.4. The number of aromatic amines is 1. The number of carboxylic acid groups (broad SMARTS) is 1. The van der Waals surface area contributed by atoms with Crippen molar-refractivity contribution >= 4 is 59.1 Å². The molecule has 0 bridgehead atoms. The second kappa shape index (κ2) is 29.6. The van der Waals surface area contributed by atoms with Crippen LogP contribution in [0.25, 0.3) is 0 Å². The number of nitrogens with two attached hydrogens (primary N) is 2. The van der Waals surface area contributed by atoms with Crippen molar-refractivity contribution in [2.45, 2.75) is 160 Å². The first-order valence-electron chi connectivity index (χ1n) is 24.8. The van der Waals surface area contributed by atoms with Gasteiger partial charge < -0.3 is 73.9 Å². The van der Waals surface area contributed by atoms with E-state index in [-0.39, 0.29) is 63.3 Å². The van der Waals surface area contributed by atoms with Gasteiger partial charge in [-0.25, -0.2) is 9.78 Å². The summed E-state index contributed by atoms with van der Waals surface area (Å²) in [5, 5.41) is 48.0. The van der Waals surface area contributed by atoms with E-state index in [0.29, 0.717) is 5.69 Å². The number of carboxylic acids is 1. The van der Waals surface area contributed by atoms with Crippen LogP contribution in [0.1, 0.15) is 98.2 Å². The molecule has 2 aromatic rings. The van der Waals surface area contributed by atoms with Crippen molar-refractivity contribution in [3.8, 4) is 0 Å². The van der Waals surface area contributed by atoms with Gasteiger partial charge in [-0.15, -0.1) is 0 Å². The molecule has 1 aliphatic rings. The van der Waals surface area contributed by atoms with Crippen LogP contribution in [0, 0.1) is 17.8 Å². The third kappa shape index (κ3) is 19.5. The Kier molecular flexibility index (Phi) is 24.6. The Bertz CT molecular complexity index is 2230. The van der Waals surface area contributed by atoms with Crippen LogP contribution in [0.4, 0.5) is 0 Å². The van der Waals surface area contributed by atoms with Gasteiger partial charge in [0.1, 0.15) is 48.3 Å². The van der Waals surface area contributed by atoms with E-state index in [2.05, 4.69) is 47.2 Å². The zero-order valence-corrected chi connectivity index (χ0v) is 43.1. The van der Waals surface area contributed by atoms with Crippen molar-refractivity contribution in [2.75, 3.05) is 13.2 Å². The number of hydrogen-bond acceptors (Lipinski definition) is 14. The molecule has 0 aliphatic carbocycles. The number of amides is 9. The Hall–Kier alpha value is -6.99. The summed E-state index contributed by atoms with van der Waals surface area (Å²) < 4.78 is 0. The van der Waals surface area contributed by atoms with Crippen LogP contribution >= 0.6 is 0 Å². The number of aromatic nitrogens is 2. The van der Waals surface area contributed by atoms with Gasteiger partial charge in [-0.2, -0.15) is 0 Å². The largest absolute Gasteiger partial charge is 0.480 e. The normalized spacial score (nSPS) is 17.1. The Morgan fingerprint density at radius 1 is 0.703 bits per heavy atom. The minimum Gasteiger partial charge on any atom is -0.480 e. The Morgan fingerprint density at radius 2 is 1.24 bits per heavy atom. The van der Waals surface area contributed by atoms with E-state index in [4.69, 9.17) is 11.5 Å².